The molecule has 0 aliphatic carbocycles. The first-order valence-corrected chi connectivity index (χ1v) is 8.73. The predicted octanol–water partition coefficient (Wildman–Crippen LogP) is 3.38. The van der Waals surface area contributed by atoms with Gasteiger partial charge in [-0.3, -0.25) is 4.79 Å². The van der Waals surface area contributed by atoms with Gasteiger partial charge in [-0.15, -0.1) is 0 Å². The van der Waals surface area contributed by atoms with Crippen molar-refractivity contribution in [3.05, 3.63) is 72.1 Å². The van der Waals surface area contributed by atoms with Gasteiger partial charge in [0.1, 0.15) is 5.69 Å². The van der Waals surface area contributed by atoms with Gasteiger partial charge in [-0.1, -0.05) is 24.3 Å². The number of rotatable bonds is 7. The summed E-state index contributed by atoms with van der Waals surface area (Å²) in [7, 11) is 4.91. The molecule has 3 aromatic rings. The van der Waals surface area contributed by atoms with Crippen LogP contribution in [0, 0.1) is 0 Å². The third-order valence-corrected chi connectivity index (χ3v) is 4.22. The summed E-state index contributed by atoms with van der Waals surface area (Å²) >= 11 is 0. The lowest BCUT2D eigenvalue weighted by molar-refractivity contribution is 0.0988. The summed E-state index contributed by atoms with van der Waals surface area (Å²) in [5.41, 5.74) is 2.08. The van der Waals surface area contributed by atoms with Crippen molar-refractivity contribution in [2.75, 3.05) is 31.5 Å². The van der Waals surface area contributed by atoms with E-state index >= 15 is 0 Å². The van der Waals surface area contributed by atoms with Gasteiger partial charge in [-0.05, 0) is 35.9 Å². The van der Waals surface area contributed by atoms with Crippen molar-refractivity contribution in [1.82, 2.24) is 9.97 Å². The number of anilines is 2. The van der Waals surface area contributed by atoms with E-state index in [0.717, 1.165) is 11.3 Å². The number of carbonyl (C=O) groups is 1. The first-order valence-electron chi connectivity index (χ1n) is 8.73. The van der Waals surface area contributed by atoms with Gasteiger partial charge in [0.15, 0.2) is 11.5 Å². The monoisotopic (exact) mass is 378 g/mol. The molecule has 7 nitrogen and oxygen atoms in total. The van der Waals surface area contributed by atoms with Gasteiger partial charge >= 0.3 is 0 Å². The number of para-hydroxylation sites is 1. The van der Waals surface area contributed by atoms with Crippen molar-refractivity contribution >= 4 is 17.5 Å². The summed E-state index contributed by atoms with van der Waals surface area (Å²) in [4.78, 5) is 22.8. The summed E-state index contributed by atoms with van der Waals surface area (Å²) in [6.45, 7) is 0.479. The van der Waals surface area contributed by atoms with Gasteiger partial charge in [0.2, 0.25) is 5.95 Å². The van der Waals surface area contributed by atoms with Crippen molar-refractivity contribution in [3.8, 4) is 11.5 Å². The molecule has 1 heterocycles. The van der Waals surface area contributed by atoms with Crippen LogP contribution in [0.4, 0.5) is 11.6 Å². The van der Waals surface area contributed by atoms with Gasteiger partial charge < -0.3 is 19.7 Å². The molecule has 0 aliphatic heterocycles. The molecular weight excluding hydrogens is 356 g/mol. The average molecular weight is 378 g/mol. The lowest BCUT2D eigenvalue weighted by atomic mass is 10.2. The topological polar surface area (TPSA) is 76.6 Å². The average Bonchev–Trinajstić information content (AvgIpc) is 2.77. The van der Waals surface area contributed by atoms with E-state index in [1.807, 2.05) is 48.5 Å². The normalized spacial score (nSPS) is 10.2. The molecule has 28 heavy (non-hydrogen) atoms. The molecule has 0 fully saturated rings. The van der Waals surface area contributed by atoms with Crippen molar-refractivity contribution in [2.45, 2.75) is 6.54 Å². The standard InChI is InChI=1S/C21H22N4O3/c1-25(16-7-5-4-6-8-16)20(26)17-11-12-22-21(24-17)23-14-15-9-10-18(27-2)19(13-15)28-3/h4-13H,14H2,1-3H3,(H,22,23,24). The maximum atomic E-state index is 12.7. The maximum Gasteiger partial charge on any atom is 0.276 e. The zero-order valence-electron chi connectivity index (χ0n) is 16.0. The lowest BCUT2D eigenvalue weighted by Crippen LogP contribution is -2.27. The third-order valence-electron chi connectivity index (χ3n) is 4.22. The fraction of sp³-hybridized carbons (Fsp3) is 0.190. The Kier molecular flexibility index (Phi) is 6.06. The molecule has 0 saturated heterocycles. The van der Waals surface area contributed by atoms with Gasteiger partial charge in [0, 0.05) is 25.5 Å². The zero-order valence-corrected chi connectivity index (χ0v) is 16.0. The highest BCUT2D eigenvalue weighted by Crippen LogP contribution is 2.27. The number of amides is 1. The molecule has 0 spiro atoms. The van der Waals surface area contributed by atoms with Crippen LogP contribution < -0.4 is 19.7 Å². The second-order valence-electron chi connectivity index (χ2n) is 6.01. The summed E-state index contributed by atoms with van der Waals surface area (Å²) < 4.78 is 10.6. The Balaban J connectivity index is 1.71. The Hall–Kier alpha value is -3.61. The van der Waals surface area contributed by atoms with Crippen molar-refractivity contribution in [2.24, 2.45) is 0 Å². The highest BCUT2D eigenvalue weighted by molar-refractivity contribution is 6.04. The van der Waals surface area contributed by atoms with Crippen LogP contribution in [-0.4, -0.2) is 37.1 Å². The van der Waals surface area contributed by atoms with E-state index in [9.17, 15) is 4.79 Å². The number of benzene rings is 2. The molecule has 2 aromatic carbocycles. The highest BCUT2D eigenvalue weighted by Gasteiger charge is 2.15. The van der Waals surface area contributed by atoms with E-state index < -0.39 is 0 Å². The molecule has 0 aliphatic rings. The van der Waals surface area contributed by atoms with Crippen LogP contribution in [0.1, 0.15) is 16.1 Å². The van der Waals surface area contributed by atoms with Gasteiger partial charge in [-0.2, -0.15) is 0 Å². The van der Waals surface area contributed by atoms with Crippen molar-refractivity contribution < 1.29 is 14.3 Å². The van der Waals surface area contributed by atoms with Crippen LogP contribution in [0.3, 0.4) is 0 Å². The molecule has 3 rings (SSSR count). The Morgan fingerprint density at radius 3 is 2.50 bits per heavy atom. The number of ether oxygens (including phenoxy) is 2. The predicted molar refractivity (Wildman–Crippen MR) is 108 cm³/mol. The largest absolute Gasteiger partial charge is 0.493 e. The summed E-state index contributed by atoms with van der Waals surface area (Å²) in [5, 5.41) is 3.13. The van der Waals surface area contributed by atoms with Crippen molar-refractivity contribution in [3.63, 3.8) is 0 Å². The number of hydrogen-bond acceptors (Lipinski definition) is 6. The highest BCUT2D eigenvalue weighted by atomic mass is 16.5. The molecule has 0 radical (unpaired) electrons. The number of methoxy groups -OCH3 is 2. The summed E-state index contributed by atoms with van der Waals surface area (Å²) in [6.07, 6.45) is 1.57. The van der Waals surface area contributed by atoms with E-state index in [4.69, 9.17) is 9.47 Å². The van der Waals surface area contributed by atoms with Crippen LogP contribution in [0.2, 0.25) is 0 Å². The second kappa shape index (κ2) is 8.85. The molecular formula is C21H22N4O3. The second-order valence-corrected chi connectivity index (χ2v) is 6.01. The number of aromatic nitrogens is 2. The first-order chi connectivity index (χ1) is 13.6. The molecule has 0 atom stereocenters. The van der Waals surface area contributed by atoms with Crippen molar-refractivity contribution in [1.29, 1.82) is 0 Å². The van der Waals surface area contributed by atoms with Crippen LogP contribution in [0.15, 0.2) is 60.8 Å². The fourth-order valence-corrected chi connectivity index (χ4v) is 2.68. The fourth-order valence-electron chi connectivity index (χ4n) is 2.68. The van der Waals surface area contributed by atoms with E-state index in [1.54, 1.807) is 38.4 Å². The van der Waals surface area contributed by atoms with Crippen LogP contribution in [0.5, 0.6) is 11.5 Å². The van der Waals surface area contributed by atoms with E-state index in [2.05, 4.69) is 15.3 Å². The van der Waals surface area contributed by atoms with E-state index in [1.165, 1.54) is 0 Å². The number of nitrogens with one attached hydrogen (secondary N) is 1. The zero-order chi connectivity index (χ0) is 19.9. The van der Waals surface area contributed by atoms with Gasteiger partial charge in [0.05, 0.1) is 14.2 Å². The Bertz CT molecular complexity index is 947. The van der Waals surface area contributed by atoms with Crippen LogP contribution in [0.25, 0.3) is 0 Å². The molecule has 144 valence electrons. The third kappa shape index (κ3) is 4.37. The Morgan fingerprint density at radius 2 is 1.79 bits per heavy atom. The molecule has 7 heteroatoms. The van der Waals surface area contributed by atoms with Gasteiger partial charge in [0.25, 0.3) is 5.91 Å². The quantitative estimate of drug-likeness (QED) is 0.679. The van der Waals surface area contributed by atoms with E-state index in [-0.39, 0.29) is 5.91 Å². The smallest absolute Gasteiger partial charge is 0.276 e. The molecule has 0 bridgehead atoms. The van der Waals surface area contributed by atoms with Crippen LogP contribution in [-0.2, 0) is 6.54 Å². The maximum absolute atomic E-state index is 12.7. The number of nitrogens with zero attached hydrogens (tertiary/aromatic N) is 3. The number of carbonyl (C=O) groups excluding carboxylic acids is 1. The van der Waals surface area contributed by atoms with Crippen LogP contribution >= 0.6 is 0 Å². The molecule has 0 unspecified atom stereocenters. The minimum Gasteiger partial charge on any atom is -0.493 e. The SMILES string of the molecule is COc1ccc(CNc2nccc(C(=O)N(C)c3ccccc3)n2)cc1OC. The summed E-state index contributed by atoms with van der Waals surface area (Å²) in [5.74, 6) is 1.49. The Labute approximate surface area is 164 Å². The molecule has 0 saturated carbocycles. The Morgan fingerprint density at radius 1 is 1.04 bits per heavy atom. The van der Waals surface area contributed by atoms with E-state index in [0.29, 0.717) is 29.7 Å². The minimum atomic E-state index is -0.206. The molecule has 1 aromatic heterocycles. The summed E-state index contributed by atoms with van der Waals surface area (Å²) in [6, 6.07) is 16.7. The first kappa shape index (κ1) is 19.2. The minimum absolute atomic E-state index is 0.206. The van der Waals surface area contributed by atoms with Gasteiger partial charge in [-0.25, -0.2) is 9.97 Å². The molecule has 1 amide bonds. The number of hydrogen-bond donors (Lipinski definition) is 1. The lowest BCUT2D eigenvalue weighted by Gasteiger charge is -2.17. The molecule has 1 N–H and O–H groups in total.